The average molecular weight is 443 g/mol. The molecule has 0 radical (unpaired) electrons. The van der Waals surface area contributed by atoms with E-state index in [0.717, 1.165) is 0 Å². The molecule has 160 valence electrons. The van der Waals surface area contributed by atoms with E-state index in [0.29, 0.717) is 34.7 Å². The van der Waals surface area contributed by atoms with Crippen LogP contribution in [0.1, 0.15) is 6.92 Å². The van der Waals surface area contributed by atoms with Crippen molar-refractivity contribution in [2.24, 2.45) is 0 Å². The van der Waals surface area contributed by atoms with E-state index < -0.39 is 21.6 Å². The Morgan fingerprint density at radius 1 is 1.10 bits per heavy atom. The van der Waals surface area contributed by atoms with Gasteiger partial charge in [0.15, 0.2) is 0 Å². The summed E-state index contributed by atoms with van der Waals surface area (Å²) in [5.74, 6) is 0.114. The first-order chi connectivity index (χ1) is 14.8. The van der Waals surface area contributed by atoms with Crippen LogP contribution in [0.25, 0.3) is 16.7 Å². The lowest BCUT2D eigenvalue weighted by molar-refractivity contribution is 0.471. The summed E-state index contributed by atoms with van der Waals surface area (Å²) in [4.78, 5) is 15.0. The number of nitrogens with one attached hydrogen (secondary N) is 2. The van der Waals surface area contributed by atoms with Crippen LogP contribution in [0.15, 0.2) is 70.4 Å². The van der Waals surface area contributed by atoms with Gasteiger partial charge in [-0.25, -0.2) is 9.18 Å². The number of anilines is 1. The molecule has 0 unspecified atom stereocenters. The highest BCUT2D eigenvalue weighted by Gasteiger charge is 2.14. The summed E-state index contributed by atoms with van der Waals surface area (Å²) in [6.07, 6.45) is 0. The van der Waals surface area contributed by atoms with Crippen LogP contribution in [0.4, 0.5) is 10.1 Å². The molecule has 0 aliphatic heterocycles. The van der Waals surface area contributed by atoms with E-state index in [-0.39, 0.29) is 10.6 Å². The second-order valence-electron chi connectivity index (χ2n) is 6.69. The van der Waals surface area contributed by atoms with Gasteiger partial charge in [-0.05, 0) is 49.4 Å². The van der Waals surface area contributed by atoms with Crippen LogP contribution in [-0.2, 0) is 10.1 Å². The molecular formula is C21H18FN3O5S. The van der Waals surface area contributed by atoms with Crippen LogP contribution in [0, 0.1) is 5.82 Å². The van der Waals surface area contributed by atoms with Crippen molar-refractivity contribution in [2.45, 2.75) is 11.8 Å². The maximum Gasteiger partial charge on any atom is 0.331 e. The number of benzene rings is 3. The number of aromatic nitrogens is 2. The van der Waals surface area contributed by atoms with E-state index in [1.807, 2.05) is 6.92 Å². The summed E-state index contributed by atoms with van der Waals surface area (Å²) < 4.78 is 52.8. The molecule has 4 aromatic rings. The molecule has 3 N–H and O–H groups in total. The third kappa shape index (κ3) is 4.16. The first-order valence-corrected chi connectivity index (χ1v) is 10.7. The molecule has 0 amide bonds. The smallest absolute Gasteiger partial charge is 0.331 e. The fraction of sp³-hybridized carbons (Fsp3) is 0.0952. The van der Waals surface area contributed by atoms with E-state index in [1.165, 1.54) is 41.0 Å². The summed E-state index contributed by atoms with van der Waals surface area (Å²) in [5.41, 5.74) is 1.44. The number of halogens is 1. The monoisotopic (exact) mass is 443 g/mol. The predicted molar refractivity (Wildman–Crippen MR) is 114 cm³/mol. The minimum absolute atomic E-state index is 0.212. The van der Waals surface area contributed by atoms with Gasteiger partial charge in [0.05, 0.1) is 27.3 Å². The molecule has 0 aliphatic carbocycles. The van der Waals surface area contributed by atoms with E-state index in [2.05, 4.69) is 10.3 Å². The molecule has 0 bridgehead atoms. The van der Waals surface area contributed by atoms with Gasteiger partial charge in [-0.2, -0.15) is 8.42 Å². The van der Waals surface area contributed by atoms with Crippen molar-refractivity contribution in [3.63, 3.8) is 0 Å². The summed E-state index contributed by atoms with van der Waals surface area (Å²) >= 11 is 0. The lowest BCUT2D eigenvalue weighted by Crippen LogP contribution is -2.14. The second kappa shape index (κ2) is 7.89. The normalized spacial score (nSPS) is 11.6. The van der Waals surface area contributed by atoms with Gasteiger partial charge in [0.2, 0.25) is 0 Å². The van der Waals surface area contributed by atoms with Crippen molar-refractivity contribution in [1.82, 2.24) is 9.55 Å². The largest absolute Gasteiger partial charge is 0.457 e. The van der Waals surface area contributed by atoms with Gasteiger partial charge in [-0.1, -0.05) is 6.07 Å². The first-order valence-electron chi connectivity index (χ1n) is 9.30. The van der Waals surface area contributed by atoms with Gasteiger partial charge in [0.1, 0.15) is 17.3 Å². The summed E-state index contributed by atoms with van der Waals surface area (Å²) in [7, 11) is -4.35. The molecule has 0 saturated heterocycles. The molecule has 0 spiro atoms. The lowest BCUT2D eigenvalue weighted by atomic mass is 10.2. The topological polar surface area (TPSA) is 113 Å². The summed E-state index contributed by atoms with van der Waals surface area (Å²) in [6.45, 7) is 2.44. The maximum absolute atomic E-state index is 14.1. The molecule has 31 heavy (non-hydrogen) atoms. The number of ether oxygens (including phenoxy) is 1. The van der Waals surface area contributed by atoms with Crippen LogP contribution < -0.4 is 15.7 Å². The third-order valence-corrected chi connectivity index (χ3v) is 5.41. The zero-order chi connectivity index (χ0) is 22.2. The Kier molecular flexibility index (Phi) is 5.25. The van der Waals surface area contributed by atoms with Crippen molar-refractivity contribution in [2.75, 3.05) is 11.9 Å². The zero-order valence-electron chi connectivity index (χ0n) is 16.3. The maximum atomic E-state index is 14.1. The quantitative estimate of drug-likeness (QED) is 0.389. The minimum Gasteiger partial charge on any atom is -0.457 e. The molecule has 0 saturated carbocycles. The zero-order valence-corrected chi connectivity index (χ0v) is 17.1. The number of hydrogen-bond donors (Lipinski definition) is 3. The third-order valence-electron chi connectivity index (χ3n) is 4.56. The Morgan fingerprint density at radius 3 is 2.52 bits per heavy atom. The van der Waals surface area contributed by atoms with E-state index in [4.69, 9.17) is 9.29 Å². The molecule has 0 atom stereocenters. The molecule has 1 heterocycles. The molecular weight excluding hydrogens is 425 g/mol. The van der Waals surface area contributed by atoms with Gasteiger partial charge < -0.3 is 15.0 Å². The summed E-state index contributed by atoms with van der Waals surface area (Å²) in [5, 5.41) is 3.03. The Balaban J connectivity index is 1.69. The van der Waals surface area contributed by atoms with E-state index in [1.54, 1.807) is 24.3 Å². The molecule has 0 fully saturated rings. The van der Waals surface area contributed by atoms with Crippen molar-refractivity contribution in [3.05, 3.63) is 77.0 Å². The second-order valence-corrected chi connectivity index (χ2v) is 8.11. The van der Waals surface area contributed by atoms with E-state index in [9.17, 15) is 17.6 Å². The Hall–Kier alpha value is -3.63. The highest BCUT2D eigenvalue weighted by molar-refractivity contribution is 7.85. The number of imidazole rings is 1. The number of rotatable bonds is 6. The van der Waals surface area contributed by atoms with Crippen LogP contribution in [-0.4, -0.2) is 29.1 Å². The van der Waals surface area contributed by atoms with Crippen LogP contribution in [0.2, 0.25) is 0 Å². The number of nitrogens with zero attached hydrogens (tertiary/aromatic N) is 1. The van der Waals surface area contributed by atoms with Crippen LogP contribution in [0.3, 0.4) is 0 Å². The number of H-pyrrole nitrogens is 1. The van der Waals surface area contributed by atoms with Gasteiger partial charge in [0, 0.05) is 18.7 Å². The number of fused-ring (bicyclic) bond motifs is 1. The van der Waals surface area contributed by atoms with Crippen molar-refractivity contribution in [3.8, 4) is 17.2 Å². The molecule has 3 aromatic carbocycles. The Morgan fingerprint density at radius 2 is 1.84 bits per heavy atom. The predicted octanol–water partition coefficient (Wildman–Crippen LogP) is 3.93. The highest BCUT2D eigenvalue weighted by Crippen LogP contribution is 2.27. The first kappa shape index (κ1) is 20.6. The Bertz CT molecular complexity index is 1430. The molecule has 10 heteroatoms. The molecule has 0 aliphatic rings. The SMILES string of the molecule is CCNc1cc(F)cc2c1[nH]c(=O)n2-c1ccc(Oc2cccc(S(=O)(=O)O)c2)cc1. The molecule has 1 aromatic heterocycles. The van der Waals surface area contributed by atoms with Gasteiger partial charge in [-0.15, -0.1) is 0 Å². The molecule has 4 rings (SSSR count). The van der Waals surface area contributed by atoms with Crippen molar-refractivity contribution >= 4 is 26.8 Å². The number of hydrogen-bond acceptors (Lipinski definition) is 5. The minimum atomic E-state index is -4.35. The standard InChI is InChI=1S/C21H18FN3O5S/c1-2-23-18-10-13(22)11-19-20(18)24-21(26)25(19)14-6-8-15(9-7-14)30-16-4-3-5-17(12-16)31(27,28)29/h3-12,23H,2H2,1H3,(H,24,26)(H,27,28,29). The van der Waals surface area contributed by atoms with Crippen LogP contribution >= 0.6 is 0 Å². The Labute approximate surface area is 176 Å². The fourth-order valence-electron chi connectivity index (χ4n) is 3.26. The van der Waals surface area contributed by atoms with E-state index >= 15 is 0 Å². The average Bonchev–Trinajstić information content (AvgIpc) is 3.04. The highest BCUT2D eigenvalue weighted by atomic mass is 32.2. The van der Waals surface area contributed by atoms with Crippen LogP contribution in [0.5, 0.6) is 11.5 Å². The van der Waals surface area contributed by atoms with Gasteiger partial charge in [-0.3, -0.25) is 9.12 Å². The van der Waals surface area contributed by atoms with Gasteiger partial charge >= 0.3 is 5.69 Å². The fourth-order valence-corrected chi connectivity index (χ4v) is 3.77. The van der Waals surface area contributed by atoms with Crippen molar-refractivity contribution in [1.29, 1.82) is 0 Å². The molecule has 8 nitrogen and oxygen atoms in total. The summed E-state index contributed by atoms with van der Waals surface area (Å²) in [6, 6.07) is 14.4. The van der Waals surface area contributed by atoms with Gasteiger partial charge in [0.25, 0.3) is 10.1 Å². The number of aromatic amines is 1. The van der Waals surface area contributed by atoms with Crippen molar-refractivity contribution < 1.29 is 22.1 Å². The lowest BCUT2D eigenvalue weighted by Gasteiger charge is -2.09.